The summed E-state index contributed by atoms with van der Waals surface area (Å²) in [5.74, 6) is -1.60. The molecule has 2 amide bonds. The molecule has 4 unspecified atom stereocenters. The molecule has 4 N–H and O–H groups in total. The van der Waals surface area contributed by atoms with E-state index in [1.54, 1.807) is 30.3 Å². The summed E-state index contributed by atoms with van der Waals surface area (Å²) in [6, 6.07) is 19.9. The first kappa shape index (κ1) is 31.9. The highest BCUT2D eigenvalue weighted by Gasteiger charge is 2.51. The van der Waals surface area contributed by atoms with Gasteiger partial charge < -0.3 is 39.3 Å². The van der Waals surface area contributed by atoms with Gasteiger partial charge in [0.1, 0.15) is 29.6 Å². The lowest BCUT2D eigenvalue weighted by Gasteiger charge is -2.40. The molecule has 0 fully saturated rings. The van der Waals surface area contributed by atoms with E-state index in [0.717, 1.165) is 16.6 Å². The number of fused-ring (bicyclic) bond motifs is 5. The van der Waals surface area contributed by atoms with Crippen molar-refractivity contribution in [2.45, 2.75) is 30.6 Å². The van der Waals surface area contributed by atoms with Crippen LogP contribution in [0.15, 0.2) is 93.7 Å². The number of carbonyl (C=O) groups is 3. The fraction of sp³-hybridized carbons (Fsp3) is 0.243. The fourth-order valence-corrected chi connectivity index (χ4v) is 6.82. The number of ether oxygens (including phenoxy) is 2. The largest absolute Gasteiger partial charge is 0.493 e. The molecule has 7 rings (SSSR count). The molecule has 0 saturated carbocycles. The van der Waals surface area contributed by atoms with Crippen LogP contribution in [-0.2, 0) is 11.2 Å². The Bertz CT molecular complexity index is 2150. The number of aliphatic hydroxyl groups is 2. The van der Waals surface area contributed by atoms with Crippen molar-refractivity contribution < 1.29 is 38.5 Å². The molecule has 4 atom stereocenters. The Morgan fingerprint density at radius 2 is 1.84 bits per heavy atom. The van der Waals surface area contributed by atoms with E-state index in [9.17, 15) is 29.4 Å². The molecule has 2 aromatic heterocycles. The SMILES string of the molecule is COc1cc(C=O)cc2c1OC1C2C(C(=O)NCCO)=CC(N(CCc2cc3ccccc3[nH]2)C(=O)c2cc3ccccc3oc2=O)C1O. The van der Waals surface area contributed by atoms with Crippen LogP contribution in [0.5, 0.6) is 11.5 Å². The monoisotopic (exact) mass is 663 g/mol. The highest BCUT2D eigenvalue weighted by atomic mass is 16.5. The van der Waals surface area contributed by atoms with E-state index >= 15 is 0 Å². The maximum absolute atomic E-state index is 14.5. The average molecular weight is 664 g/mol. The van der Waals surface area contributed by atoms with Gasteiger partial charge in [0.05, 0.1) is 25.7 Å². The first-order chi connectivity index (χ1) is 23.8. The van der Waals surface area contributed by atoms with Crippen LogP contribution in [0.25, 0.3) is 21.9 Å². The van der Waals surface area contributed by atoms with E-state index in [-0.39, 0.29) is 47.9 Å². The Hall–Kier alpha value is -5.72. The first-order valence-corrected chi connectivity index (χ1v) is 15.8. The van der Waals surface area contributed by atoms with E-state index in [1.807, 2.05) is 30.3 Å². The zero-order valence-electron chi connectivity index (χ0n) is 26.4. The van der Waals surface area contributed by atoms with Gasteiger partial charge in [0.25, 0.3) is 5.91 Å². The van der Waals surface area contributed by atoms with Crippen LogP contribution in [0.3, 0.4) is 0 Å². The van der Waals surface area contributed by atoms with Gasteiger partial charge >= 0.3 is 5.63 Å². The zero-order chi connectivity index (χ0) is 34.2. The molecule has 5 aromatic rings. The van der Waals surface area contributed by atoms with Crippen LogP contribution in [0.1, 0.15) is 37.9 Å². The van der Waals surface area contributed by atoms with Crippen molar-refractivity contribution >= 4 is 40.0 Å². The number of hydrogen-bond acceptors (Lipinski definition) is 9. The van der Waals surface area contributed by atoms with Gasteiger partial charge in [-0.25, -0.2) is 4.79 Å². The maximum atomic E-state index is 14.5. The minimum atomic E-state index is -1.39. The van der Waals surface area contributed by atoms with E-state index in [4.69, 9.17) is 13.9 Å². The van der Waals surface area contributed by atoms with E-state index in [1.165, 1.54) is 30.2 Å². The number of amides is 2. The third kappa shape index (κ3) is 5.74. The number of H-pyrrole nitrogens is 1. The molecule has 3 aromatic carbocycles. The highest BCUT2D eigenvalue weighted by molar-refractivity contribution is 5.99. The Kier molecular flexibility index (Phi) is 8.49. The molecule has 3 heterocycles. The molecule has 1 aliphatic carbocycles. The van der Waals surface area contributed by atoms with Gasteiger partial charge in [-0.05, 0) is 47.9 Å². The summed E-state index contributed by atoms with van der Waals surface area (Å²) in [7, 11) is 1.42. The Labute approximate surface area is 279 Å². The molecule has 0 bridgehead atoms. The lowest BCUT2D eigenvalue weighted by molar-refractivity contribution is -0.118. The number of nitrogens with zero attached hydrogens (tertiary/aromatic N) is 1. The second-order valence-corrected chi connectivity index (χ2v) is 12.0. The number of benzene rings is 3. The lowest BCUT2D eigenvalue weighted by atomic mass is 9.77. The molecular formula is C37H33N3O9. The maximum Gasteiger partial charge on any atom is 0.349 e. The first-order valence-electron chi connectivity index (χ1n) is 15.8. The topological polar surface area (TPSA) is 171 Å². The molecule has 49 heavy (non-hydrogen) atoms. The van der Waals surface area contributed by atoms with Crippen molar-refractivity contribution in [3.8, 4) is 11.5 Å². The Morgan fingerprint density at radius 1 is 1.06 bits per heavy atom. The fourth-order valence-electron chi connectivity index (χ4n) is 6.82. The smallest absolute Gasteiger partial charge is 0.349 e. The number of hydrogen-bond donors (Lipinski definition) is 4. The van der Waals surface area contributed by atoms with Gasteiger partial charge in [-0.1, -0.05) is 36.4 Å². The minimum Gasteiger partial charge on any atom is -0.493 e. The summed E-state index contributed by atoms with van der Waals surface area (Å²) < 4.78 is 17.3. The van der Waals surface area contributed by atoms with Crippen molar-refractivity contribution in [1.82, 2.24) is 15.2 Å². The van der Waals surface area contributed by atoms with Gasteiger partial charge in [-0.3, -0.25) is 14.4 Å². The summed E-state index contributed by atoms with van der Waals surface area (Å²) in [4.78, 5) is 57.9. The zero-order valence-corrected chi connectivity index (χ0v) is 26.4. The molecule has 2 aliphatic rings. The van der Waals surface area contributed by atoms with Crippen LogP contribution in [0.2, 0.25) is 0 Å². The molecule has 1 aliphatic heterocycles. The number of nitrogens with one attached hydrogen (secondary N) is 2. The molecule has 12 nitrogen and oxygen atoms in total. The van der Waals surface area contributed by atoms with Crippen LogP contribution in [-0.4, -0.2) is 83.3 Å². The van der Waals surface area contributed by atoms with Crippen molar-refractivity contribution in [2.75, 3.05) is 26.8 Å². The normalized spacial score (nSPS) is 19.4. The van der Waals surface area contributed by atoms with E-state index in [2.05, 4.69) is 10.3 Å². The number of para-hydroxylation sites is 2. The molecule has 0 radical (unpaired) electrons. The van der Waals surface area contributed by atoms with Crippen LogP contribution >= 0.6 is 0 Å². The Balaban J connectivity index is 1.34. The average Bonchev–Trinajstić information content (AvgIpc) is 3.72. The van der Waals surface area contributed by atoms with Crippen LogP contribution in [0.4, 0.5) is 0 Å². The number of aromatic nitrogens is 1. The molecule has 12 heteroatoms. The molecule has 250 valence electrons. The molecule has 0 saturated heterocycles. The predicted octanol–water partition coefficient (Wildman–Crippen LogP) is 3.10. The van der Waals surface area contributed by atoms with Crippen LogP contribution < -0.4 is 20.4 Å². The second kappa shape index (κ2) is 13.1. The quantitative estimate of drug-likeness (QED) is 0.129. The molecule has 0 spiro atoms. The number of aldehydes is 1. The van der Waals surface area contributed by atoms with Gasteiger partial charge in [0.15, 0.2) is 11.5 Å². The van der Waals surface area contributed by atoms with E-state index < -0.39 is 41.6 Å². The number of rotatable bonds is 10. The summed E-state index contributed by atoms with van der Waals surface area (Å²) in [6.07, 6.45) is -0.00776. The lowest BCUT2D eigenvalue weighted by Crippen LogP contribution is -2.56. The number of aliphatic hydroxyl groups excluding tert-OH is 2. The van der Waals surface area contributed by atoms with Gasteiger partial charge in [0.2, 0.25) is 5.91 Å². The summed E-state index contributed by atoms with van der Waals surface area (Å²) in [5.41, 5.74) is 1.86. The van der Waals surface area contributed by atoms with Crippen molar-refractivity contribution in [1.29, 1.82) is 0 Å². The molecular weight excluding hydrogens is 630 g/mol. The third-order valence-electron chi connectivity index (χ3n) is 9.11. The second-order valence-electron chi connectivity index (χ2n) is 12.0. The number of aromatic amines is 1. The van der Waals surface area contributed by atoms with Crippen molar-refractivity contribution in [2.24, 2.45) is 0 Å². The highest BCUT2D eigenvalue weighted by Crippen LogP contribution is 2.51. The summed E-state index contributed by atoms with van der Waals surface area (Å²) in [6.45, 7) is -0.333. The van der Waals surface area contributed by atoms with E-state index in [0.29, 0.717) is 29.2 Å². The summed E-state index contributed by atoms with van der Waals surface area (Å²) in [5, 5.41) is 25.7. The van der Waals surface area contributed by atoms with Crippen LogP contribution in [0, 0.1) is 0 Å². The van der Waals surface area contributed by atoms with Crippen molar-refractivity contribution in [3.63, 3.8) is 0 Å². The number of methoxy groups -OCH3 is 1. The minimum absolute atomic E-state index is 0.0324. The Morgan fingerprint density at radius 3 is 2.59 bits per heavy atom. The predicted molar refractivity (Wildman–Crippen MR) is 179 cm³/mol. The summed E-state index contributed by atoms with van der Waals surface area (Å²) >= 11 is 0. The number of carbonyl (C=O) groups excluding carboxylic acids is 3. The van der Waals surface area contributed by atoms with Crippen molar-refractivity contribution in [3.05, 3.63) is 117 Å². The standard InChI is InChI=1S/C37H33N3O9/c1-47-30-15-20(19-42)14-24-31-25(35(44)38-11-13-41)18-28(32(43)34(31)49-33(24)30)40(12-10-23-16-21-6-2-4-8-27(21)39-23)36(45)26-17-22-7-3-5-9-29(22)48-37(26)46/h2-9,14-19,28,31-32,34,39,41,43H,10-13H2,1H3,(H,38,44). The third-order valence-corrected chi connectivity index (χ3v) is 9.11. The van der Waals surface area contributed by atoms with Gasteiger partial charge in [-0.2, -0.15) is 0 Å². The van der Waals surface area contributed by atoms with Gasteiger partial charge in [-0.15, -0.1) is 0 Å². The van der Waals surface area contributed by atoms with Gasteiger partial charge in [0, 0.05) is 52.8 Å².